The van der Waals surface area contributed by atoms with Crippen LogP contribution in [-0.4, -0.2) is 11.4 Å². The summed E-state index contributed by atoms with van der Waals surface area (Å²) in [6.07, 6.45) is 13.7. The Morgan fingerprint density at radius 3 is 1.28 bits per heavy atom. The summed E-state index contributed by atoms with van der Waals surface area (Å²) in [5.41, 5.74) is 7.37. The quantitative estimate of drug-likeness (QED) is 0.250. The lowest BCUT2D eigenvalue weighted by Crippen LogP contribution is -2.14. The fraction of sp³-hybridized carbons (Fsp3) is 0.533. The summed E-state index contributed by atoms with van der Waals surface area (Å²) in [5, 5.41) is 0. The van der Waals surface area contributed by atoms with Gasteiger partial charge in [-0.2, -0.15) is 0 Å². The highest BCUT2D eigenvalue weighted by Crippen LogP contribution is 2.25. The molecule has 0 atom stereocenters. The van der Waals surface area contributed by atoms with Crippen LogP contribution in [0.2, 0.25) is 0 Å². The third kappa shape index (κ3) is 8.73. The second-order valence-electron chi connectivity index (χ2n) is 8.79. The van der Waals surface area contributed by atoms with Crippen LogP contribution < -0.4 is 0 Å². The molecule has 174 valence electrons. The predicted octanol–water partition coefficient (Wildman–Crippen LogP) is 9.60. The zero-order valence-corrected chi connectivity index (χ0v) is 21.0. The van der Waals surface area contributed by atoms with Crippen LogP contribution in [0.5, 0.6) is 0 Å². The molecule has 0 unspecified atom stereocenters. The molecule has 0 aromatic heterocycles. The Bertz CT molecular complexity index is 776. The van der Waals surface area contributed by atoms with Gasteiger partial charge < -0.3 is 0 Å². The Kier molecular flexibility index (Phi) is 12.7. The lowest BCUT2D eigenvalue weighted by molar-refractivity contribution is 0.794. The molecule has 0 amide bonds. The zero-order valence-electron chi connectivity index (χ0n) is 21.0. The van der Waals surface area contributed by atoms with E-state index in [1.807, 2.05) is 0 Å². The average molecular weight is 433 g/mol. The van der Waals surface area contributed by atoms with Crippen LogP contribution in [0.4, 0.5) is 11.4 Å². The maximum Gasteiger partial charge on any atom is 0.0665 e. The van der Waals surface area contributed by atoms with Crippen LogP contribution in [0, 0.1) is 0 Å². The van der Waals surface area contributed by atoms with Crippen molar-refractivity contribution in [1.82, 2.24) is 0 Å². The Morgan fingerprint density at radius 1 is 0.531 bits per heavy atom. The molecule has 0 saturated carbocycles. The Labute approximate surface area is 197 Å². The van der Waals surface area contributed by atoms with Crippen LogP contribution in [0.1, 0.15) is 103 Å². The normalized spacial score (nSPS) is 12.4. The molecular formula is C30H44N2. The first kappa shape index (κ1) is 26.0. The third-order valence-electron chi connectivity index (χ3n) is 5.96. The summed E-state index contributed by atoms with van der Waals surface area (Å²) in [6.45, 7) is 9.03. The van der Waals surface area contributed by atoms with Gasteiger partial charge in [0.25, 0.3) is 0 Å². The number of para-hydroxylation sites is 2. The van der Waals surface area contributed by atoms with E-state index < -0.39 is 0 Å². The SMILES string of the molecule is CCCCC(=Nc1ccccc1CCCC)C(CCCC)=Nc1ccccc1CCCC. The molecule has 0 bridgehead atoms. The van der Waals surface area contributed by atoms with E-state index in [-0.39, 0.29) is 0 Å². The largest absolute Gasteiger partial charge is 0.251 e. The van der Waals surface area contributed by atoms with E-state index in [0.717, 1.165) is 49.9 Å². The molecule has 0 aliphatic heterocycles. The number of nitrogens with zero attached hydrogens (tertiary/aromatic N) is 2. The van der Waals surface area contributed by atoms with Gasteiger partial charge in [-0.15, -0.1) is 0 Å². The molecule has 0 N–H and O–H groups in total. The number of rotatable bonds is 15. The van der Waals surface area contributed by atoms with Gasteiger partial charge in [-0.25, -0.2) is 0 Å². The average Bonchev–Trinajstić information content (AvgIpc) is 2.83. The number of benzene rings is 2. The minimum atomic E-state index is 0.998. The minimum absolute atomic E-state index is 0.998. The molecule has 2 nitrogen and oxygen atoms in total. The second-order valence-corrected chi connectivity index (χ2v) is 8.79. The highest BCUT2D eigenvalue weighted by Gasteiger charge is 2.12. The predicted molar refractivity (Wildman–Crippen MR) is 143 cm³/mol. The first-order valence-corrected chi connectivity index (χ1v) is 13.0. The molecule has 0 aliphatic rings. The molecule has 2 aromatic rings. The molecule has 2 rings (SSSR count). The van der Waals surface area contributed by atoms with Gasteiger partial charge in [0.2, 0.25) is 0 Å². The van der Waals surface area contributed by atoms with Gasteiger partial charge in [-0.05, 0) is 74.6 Å². The first-order valence-electron chi connectivity index (χ1n) is 13.0. The van der Waals surface area contributed by atoms with Crippen molar-refractivity contribution in [3.8, 4) is 0 Å². The third-order valence-corrected chi connectivity index (χ3v) is 5.96. The van der Waals surface area contributed by atoms with Crippen molar-refractivity contribution in [2.24, 2.45) is 9.98 Å². The fourth-order valence-electron chi connectivity index (χ4n) is 3.91. The maximum absolute atomic E-state index is 5.28. The highest BCUT2D eigenvalue weighted by atomic mass is 14.8. The molecule has 32 heavy (non-hydrogen) atoms. The Balaban J connectivity index is 2.50. The van der Waals surface area contributed by atoms with Crippen molar-refractivity contribution in [2.75, 3.05) is 0 Å². The lowest BCUT2D eigenvalue weighted by Gasteiger charge is -2.14. The molecule has 0 heterocycles. The number of hydrogen-bond donors (Lipinski definition) is 0. The van der Waals surface area contributed by atoms with Crippen molar-refractivity contribution in [1.29, 1.82) is 0 Å². The van der Waals surface area contributed by atoms with E-state index in [4.69, 9.17) is 9.98 Å². The monoisotopic (exact) mass is 432 g/mol. The summed E-state index contributed by atoms with van der Waals surface area (Å²) in [7, 11) is 0. The van der Waals surface area contributed by atoms with E-state index in [9.17, 15) is 0 Å². The summed E-state index contributed by atoms with van der Waals surface area (Å²) >= 11 is 0. The minimum Gasteiger partial charge on any atom is -0.251 e. The Hall–Kier alpha value is -2.22. The summed E-state index contributed by atoms with van der Waals surface area (Å²) in [5.74, 6) is 0. The van der Waals surface area contributed by atoms with E-state index in [1.54, 1.807) is 0 Å². The molecule has 0 saturated heterocycles. The molecule has 2 heteroatoms. The van der Waals surface area contributed by atoms with Gasteiger partial charge in [0.1, 0.15) is 0 Å². The number of aliphatic imine (C=N–C) groups is 2. The molecule has 0 aliphatic carbocycles. The summed E-state index contributed by atoms with van der Waals surface area (Å²) in [6, 6.07) is 17.4. The standard InChI is InChI=1S/C30H44N2/c1-5-9-17-25-19-13-15-23-27(25)31-29(21-11-7-3)30(22-12-8-4)32-28-24-16-14-20-26(28)18-10-6-2/h13-16,19-20,23-24H,5-12,17-18,21-22H2,1-4H3. The first-order chi connectivity index (χ1) is 15.7. The number of unbranched alkanes of at least 4 members (excludes halogenated alkanes) is 4. The van der Waals surface area contributed by atoms with Crippen molar-refractivity contribution in [2.45, 2.75) is 105 Å². The van der Waals surface area contributed by atoms with Crippen molar-refractivity contribution < 1.29 is 0 Å². The van der Waals surface area contributed by atoms with Gasteiger partial charge in [0, 0.05) is 0 Å². The van der Waals surface area contributed by atoms with Crippen LogP contribution in [0.25, 0.3) is 0 Å². The maximum atomic E-state index is 5.28. The molecule has 0 fully saturated rings. The molecular weight excluding hydrogens is 388 g/mol. The summed E-state index contributed by atoms with van der Waals surface area (Å²) in [4.78, 5) is 10.6. The fourth-order valence-corrected chi connectivity index (χ4v) is 3.91. The lowest BCUT2D eigenvalue weighted by atomic mass is 10.0. The molecule has 0 radical (unpaired) electrons. The molecule has 2 aromatic carbocycles. The second kappa shape index (κ2) is 15.6. The van der Waals surface area contributed by atoms with Gasteiger partial charge in [0.15, 0.2) is 0 Å². The summed E-state index contributed by atoms with van der Waals surface area (Å²) < 4.78 is 0. The smallest absolute Gasteiger partial charge is 0.0665 e. The van der Waals surface area contributed by atoms with Gasteiger partial charge in [-0.3, -0.25) is 9.98 Å². The molecule has 0 spiro atoms. The number of hydrogen-bond acceptors (Lipinski definition) is 2. The van der Waals surface area contributed by atoms with Crippen molar-refractivity contribution in [3.63, 3.8) is 0 Å². The van der Waals surface area contributed by atoms with Gasteiger partial charge in [-0.1, -0.05) is 89.8 Å². The van der Waals surface area contributed by atoms with E-state index in [2.05, 4.69) is 76.2 Å². The van der Waals surface area contributed by atoms with E-state index in [0.29, 0.717) is 0 Å². The van der Waals surface area contributed by atoms with Gasteiger partial charge in [0.05, 0.1) is 22.8 Å². The van der Waals surface area contributed by atoms with Gasteiger partial charge >= 0.3 is 0 Å². The zero-order chi connectivity index (χ0) is 23.0. The Morgan fingerprint density at radius 2 is 0.906 bits per heavy atom. The van der Waals surface area contributed by atoms with E-state index in [1.165, 1.54) is 61.1 Å². The van der Waals surface area contributed by atoms with E-state index >= 15 is 0 Å². The van der Waals surface area contributed by atoms with Crippen LogP contribution in [-0.2, 0) is 12.8 Å². The topological polar surface area (TPSA) is 24.7 Å². The van der Waals surface area contributed by atoms with Crippen LogP contribution in [0.3, 0.4) is 0 Å². The highest BCUT2D eigenvalue weighted by molar-refractivity contribution is 6.43. The van der Waals surface area contributed by atoms with Crippen LogP contribution in [0.15, 0.2) is 58.5 Å². The van der Waals surface area contributed by atoms with Crippen molar-refractivity contribution >= 4 is 22.8 Å². The van der Waals surface area contributed by atoms with Crippen LogP contribution >= 0.6 is 0 Å². The van der Waals surface area contributed by atoms with Crippen molar-refractivity contribution in [3.05, 3.63) is 59.7 Å². The number of aryl methyl sites for hydroxylation is 2.